The van der Waals surface area contributed by atoms with Crippen molar-refractivity contribution in [2.45, 2.75) is 13.3 Å². The fourth-order valence-electron chi connectivity index (χ4n) is 1.67. The molecule has 0 atom stereocenters. The summed E-state index contributed by atoms with van der Waals surface area (Å²) in [5.41, 5.74) is 1.54. The molecule has 1 aromatic rings. The van der Waals surface area contributed by atoms with Gasteiger partial charge in [-0.25, -0.2) is 0 Å². The van der Waals surface area contributed by atoms with Crippen LogP contribution in [0.3, 0.4) is 0 Å². The second-order valence-corrected chi connectivity index (χ2v) is 5.34. The van der Waals surface area contributed by atoms with E-state index in [1.54, 1.807) is 25.1 Å². The van der Waals surface area contributed by atoms with Crippen LogP contribution in [0.2, 0.25) is 0 Å². The molecule has 102 valence electrons. The van der Waals surface area contributed by atoms with Crippen LogP contribution in [0.5, 0.6) is 0 Å². The van der Waals surface area contributed by atoms with E-state index in [0.29, 0.717) is 12.1 Å². The molecule has 0 aliphatic carbocycles. The van der Waals surface area contributed by atoms with Crippen molar-refractivity contribution in [1.82, 2.24) is 4.90 Å². The summed E-state index contributed by atoms with van der Waals surface area (Å²) in [6.07, 6.45) is 0.957. The molecule has 0 radical (unpaired) electrons. The first-order valence-electron chi connectivity index (χ1n) is 6.14. The second kappa shape index (κ2) is 7.15. The lowest BCUT2D eigenvalue weighted by Crippen LogP contribution is -2.37. The average molecular weight is 324 g/mol. The third kappa shape index (κ3) is 4.25. The quantitative estimate of drug-likeness (QED) is 0.836. The zero-order valence-electron chi connectivity index (χ0n) is 11.5. The number of likely N-dealkylation sites (N-methyl/N-ethyl adjacent to an activating group) is 1. The number of carbonyl (C=O) groups is 1. The summed E-state index contributed by atoms with van der Waals surface area (Å²) in [6.45, 7) is 3.23. The summed E-state index contributed by atoms with van der Waals surface area (Å²) in [5.74, 6) is 0.0638. The lowest BCUT2D eigenvalue weighted by Gasteiger charge is -2.25. The molecule has 0 bridgehead atoms. The Labute approximate surface area is 122 Å². The molecule has 0 saturated heterocycles. The second-order valence-electron chi connectivity index (χ2n) is 4.49. The molecule has 0 aliphatic rings. The monoisotopic (exact) mass is 323 g/mol. The molecule has 0 aromatic heterocycles. The van der Waals surface area contributed by atoms with Crippen molar-refractivity contribution in [3.05, 3.63) is 28.2 Å². The molecule has 1 amide bonds. The minimum atomic E-state index is 0.0638. The van der Waals surface area contributed by atoms with Crippen LogP contribution in [0.4, 0.5) is 5.69 Å². The molecule has 0 fully saturated rings. The molecule has 0 aliphatic heterocycles. The summed E-state index contributed by atoms with van der Waals surface area (Å²) in [5, 5.41) is 8.92. The summed E-state index contributed by atoms with van der Waals surface area (Å²) in [6, 6.07) is 7.64. The van der Waals surface area contributed by atoms with E-state index in [1.165, 1.54) is 0 Å². The zero-order valence-corrected chi connectivity index (χ0v) is 13.1. The number of nitriles is 1. The molecular weight excluding hydrogens is 306 g/mol. The number of anilines is 1. The summed E-state index contributed by atoms with van der Waals surface area (Å²) in [7, 11) is 3.50. The van der Waals surface area contributed by atoms with Gasteiger partial charge in [0.05, 0.1) is 12.1 Å². The number of amides is 1. The molecule has 0 heterocycles. The Morgan fingerprint density at radius 1 is 1.42 bits per heavy atom. The number of benzene rings is 1. The number of halogens is 1. The van der Waals surface area contributed by atoms with Crippen LogP contribution in [-0.2, 0) is 4.79 Å². The van der Waals surface area contributed by atoms with Crippen molar-refractivity contribution in [3.8, 4) is 6.07 Å². The van der Waals surface area contributed by atoms with E-state index < -0.39 is 0 Å². The molecule has 1 aromatic carbocycles. The summed E-state index contributed by atoms with van der Waals surface area (Å²) >= 11 is 3.38. The predicted molar refractivity (Wildman–Crippen MR) is 80.1 cm³/mol. The first-order chi connectivity index (χ1) is 8.99. The number of hydrogen-bond acceptors (Lipinski definition) is 3. The van der Waals surface area contributed by atoms with E-state index in [0.717, 1.165) is 23.1 Å². The van der Waals surface area contributed by atoms with Crippen molar-refractivity contribution in [3.63, 3.8) is 0 Å². The molecule has 0 unspecified atom stereocenters. The van der Waals surface area contributed by atoms with E-state index in [-0.39, 0.29) is 5.91 Å². The van der Waals surface area contributed by atoms with Crippen LogP contribution in [0.15, 0.2) is 22.7 Å². The van der Waals surface area contributed by atoms with Crippen LogP contribution in [-0.4, -0.2) is 38.0 Å². The van der Waals surface area contributed by atoms with Crippen LogP contribution >= 0.6 is 15.9 Å². The minimum Gasteiger partial charge on any atom is -0.362 e. The Morgan fingerprint density at radius 3 is 2.58 bits per heavy atom. The van der Waals surface area contributed by atoms with Crippen molar-refractivity contribution < 1.29 is 4.79 Å². The number of hydrogen-bond donors (Lipinski definition) is 0. The molecule has 0 saturated carbocycles. The first-order valence-corrected chi connectivity index (χ1v) is 6.93. The SMILES string of the molecule is CCCN(CC(=O)N(C)C)c1ccc(C#N)c(Br)c1. The lowest BCUT2D eigenvalue weighted by molar-refractivity contribution is -0.127. The fraction of sp³-hybridized carbons (Fsp3) is 0.429. The van der Waals surface area contributed by atoms with Gasteiger partial charge < -0.3 is 9.80 Å². The standard InChI is InChI=1S/C14H18BrN3O/c1-4-7-18(10-14(19)17(2)3)12-6-5-11(9-16)13(15)8-12/h5-6,8H,4,7,10H2,1-3H3. The highest BCUT2D eigenvalue weighted by molar-refractivity contribution is 9.10. The third-order valence-corrected chi connectivity index (χ3v) is 3.41. The van der Waals surface area contributed by atoms with Gasteiger partial charge in [0.15, 0.2) is 0 Å². The highest BCUT2D eigenvalue weighted by atomic mass is 79.9. The Morgan fingerprint density at radius 2 is 2.11 bits per heavy atom. The maximum atomic E-state index is 11.8. The van der Waals surface area contributed by atoms with Gasteiger partial charge in [0.2, 0.25) is 5.91 Å². The molecule has 4 nitrogen and oxygen atoms in total. The maximum absolute atomic E-state index is 11.8. The van der Waals surface area contributed by atoms with Gasteiger partial charge in [0.25, 0.3) is 0 Å². The number of nitrogens with zero attached hydrogens (tertiary/aromatic N) is 3. The highest BCUT2D eigenvalue weighted by Crippen LogP contribution is 2.24. The predicted octanol–water partition coefficient (Wildman–Crippen LogP) is 2.63. The Balaban J connectivity index is 2.96. The normalized spacial score (nSPS) is 9.84. The smallest absolute Gasteiger partial charge is 0.241 e. The third-order valence-electron chi connectivity index (χ3n) is 2.76. The Hall–Kier alpha value is -1.54. The summed E-state index contributed by atoms with van der Waals surface area (Å²) < 4.78 is 0.755. The van der Waals surface area contributed by atoms with E-state index in [2.05, 4.69) is 28.9 Å². The van der Waals surface area contributed by atoms with Crippen LogP contribution in [0.1, 0.15) is 18.9 Å². The minimum absolute atomic E-state index is 0.0638. The van der Waals surface area contributed by atoms with Crippen molar-refractivity contribution in [2.24, 2.45) is 0 Å². The Bertz CT molecular complexity index is 494. The van der Waals surface area contributed by atoms with Crippen LogP contribution < -0.4 is 4.90 Å². The van der Waals surface area contributed by atoms with Crippen molar-refractivity contribution in [1.29, 1.82) is 5.26 Å². The van der Waals surface area contributed by atoms with Gasteiger partial charge in [-0.1, -0.05) is 6.92 Å². The van der Waals surface area contributed by atoms with Gasteiger partial charge in [0, 0.05) is 30.8 Å². The number of carbonyl (C=O) groups excluding carboxylic acids is 1. The highest BCUT2D eigenvalue weighted by Gasteiger charge is 2.13. The molecular formula is C14H18BrN3O. The molecule has 0 N–H and O–H groups in total. The van der Waals surface area contributed by atoms with Crippen LogP contribution in [0.25, 0.3) is 0 Å². The first kappa shape index (κ1) is 15.5. The van der Waals surface area contributed by atoms with Crippen molar-refractivity contribution >= 4 is 27.5 Å². The lowest BCUT2D eigenvalue weighted by atomic mass is 10.2. The molecule has 1 rings (SSSR count). The summed E-state index contributed by atoms with van der Waals surface area (Å²) in [4.78, 5) is 15.4. The topological polar surface area (TPSA) is 47.3 Å². The van der Waals surface area contributed by atoms with Gasteiger partial charge in [-0.05, 0) is 40.5 Å². The van der Waals surface area contributed by atoms with Gasteiger partial charge in [-0.2, -0.15) is 5.26 Å². The maximum Gasteiger partial charge on any atom is 0.241 e. The van der Waals surface area contributed by atoms with Gasteiger partial charge in [-0.15, -0.1) is 0 Å². The van der Waals surface area contributed by atoms with Crippen molar-refractivity contribution in [2.75, 3.05) is 32.1 Å². The zero-order chi connectivity index (χ0) is 14.4. The van der Waals surface area contributed by atoms with Crippen LogP contribution in [0, 0.1) is 11.3 Å². The average Bonchev–Trinajstić information content (AvgIpc) is 2.37. The van der Waals surface area contributed by atoms with E-state index in [9.17, 15) is 4.79 Å². The number of rotatable bonds is 5. The molecule has 5 heteroatoms. The van der Waals surface area contributed by atoms with Gasteiger partial charge >= 0.3 is 0 Å². The van der Waals surface area contributed by atoms with Gasteiger partial charge in [0.1, 0.15) is 6.07 Å². The fourth-order valence-corrected chi connectivity index (χ4v) is 2.12. The molecule has 0 spiro atoms. The molecule has 19 heavy (non-hydrogen) atoms. The largest absolute Gasteiger partial charge is 0.362 e. The Kier molecular flexibility index (Phi) is 5.84. The van der Waals surface area contributed by atoms with Gasteiger partial charge in [-0.3, -0.25) is 4.79 Å². The van der Waals surface area contributed by atoms with E-state index in [1.807, 2.05) is 17.0 Å². The van der Waals surface area contributed by atoms with E-state index in [4.69, 9.17) is 5.26 Å². The van der Waals surface area contributed by atoms with E-state index >= 15 is 0 Å².